The zero-order chi connectivity index (χ0) is 11.5. The first-order valence-corrected chi connectivity index (χ1v) is 5.39. The zero-order valence-corrected chi connectivity index (χ0v) is 8.94. The van der Waals surface area contributed by atoms with E-state index in [0.29, 0.717) is 0 Å². The average Bonchev–Trinajstić information content (AvgIpc) is 1.96. The van der Waals surface area contributed by atoms with Crippen LogP contribution in [0.4, 0.5) is 13.2 Å². The highest BCUT2D eigenvalue weighted by atomic mass is 35.5. The van der Waals surface area contributed by atoms with Gasteiger partial charge in [0.2, 0.25) is 5.91 Å². The first-order chi connectivity index (χ1) is 6.94. The van der Waals surface area contributed by atoms with Gasteiger partial charge in [0.15, 0.2) is 0 Å². The van der Waals surface area contributed by atoms with Crippen molar-refractivity contribution >= 4 is 17.5 Å². The van der Waals surface area contributed by atoms with Gasteiger partial charge in [-0.2, -0.15) is 13.2 Å². The predicted molar refractivity (Wildman–Crippen MR) is 50.7 cm³/mol. The Bertz CT molecular complexity index is 228. The van der Waals surface area contributed by atoms with Crippen molar-refractivity contribution in [1.29, 1.82) is 0 Å². The fourth-order valence-electron chi connectivity index (χ4n) is 1.57. The van der Waals surface area contributed by atoms with Crippen LogP contribution in [0, 0.1) is 0 Å². The van der Waals surface area contributed by atoms with Crippen LogP contribution in [0.5, 0.6) is 0 Å². The number of alkyl halides is 4. The highest BCUT2D eigenvalue weighted by molar-refractivity contribution is 6.18. The molecule has 6 heteroatoms. The van der Waals surface area contributed by atoms with E-state index in [9.17, 15) is 18.0 Å². The lowest BCUT2D eigenvalue weighted by Gasteiger charge is -2.37. The zero-order valence-electron chi connectivity index (χ0n) is 8.19. The molecule has 0 N–H and O–H groups in total. The molecule has 0 aromatic heterocycles. The molecule has 1 fully saturated rings. The summed E-state index contributed by atoms with van der Waals surface area (Å²) in [6, 6.07) is -0.0291. The second kappa shape index (κ2) is 5.05. The van der Waals surface area contributed by atoms with E-state index in [1.54, 1.807) is 0 Å². The summed E-state index contributed by atoms with van der Waals surface area (Å²) < 4.78 is 36.0. The molecule has 0 aliphatic heterocycles. The number of carbonyl (C=O) groups is 1. The second-order valence-corrected chi connectivity index (χ2v) is 4.03. The number of rotatable bonds is 4. The first kappa shape index (κ1) is 12.6. The minimum Gasteiger partial charge on any atom is -0.338 e. The van der Waals surface area contributed by atoms with Gasteiger partial charge in [0.1, 0.15) is 6.42 Å². The smallest absolute Gasteiger partial charge is 0.338 e. The van der Waals surface area contributed by atoms with E-state index in [1.165, 1.54) is 4.90 Å². The van der Waals surface area contributed by atoms with E-state index in [0.717, 1.165) is 19.3 Å². The van der Waals surface area contributed by atoms with Crippen LogP contribution in [0.15, 0.2) is 0 Å². The average molecular weight is 244 g/mol. The largest absolute Gasteiger partial charge is 0.397 e. The molecule has 0 saturated heterocycles. The van der Waals surface area contributed by atoms with Gasteiger partial charge in [0, 0.05) is 18.5 Å². The summed E-state index contributed by atoms with van der Waals surface area (Å²) in [4.78, 5) is 12.6. The SMILES string of the molecule is O=C(CC(F)(F)F)N(CCCl)C1CCC1. The third kappa shape index (κ3) is 3.89. The summed E-state index contributed by atoms with van der Waals surface area (Å²) in [5.41, 5.74) is 0. The Balaban J connectivity index is 2.50. The molecule has 0 aromatic rings. The number of amides is 1. The molecule has 1 rings (SSSR count). The molecule has 0 spiro atoms. The van der Waals surface area contributed by atoms with Crippen LogP contribution in [-0.2, 0) is 4.79 Å². The maximum atomic E-state index is 12.0. The third-order valence-electron chi connectivity index (χ3n) is 2.51. The van der Waals surface area contributed by atoms with Gasteiger partial charge in [-0.3, -0.25) is 4.79 Å². The van der Waals surface area contributed by atoms with E-state index >= 15 is 0 Å². The Morgan fingerprint density at radius 3 is 2.33 bits per heavy atom. The van der Waals surface area contributed by atoms with E-state index in [1.807, 2.05) is 0 Å². The predicted octanol–water partition coefficient (Wildman–Crippen LogP) is 2.56. The number of carbonyl (C=O) groups excluding carboxylic acids is 1. The Labute approximate surface area is 91.4 Å². The lowest BCUT2D eigenvalue weighted by molar-refractivity contribution is -0.164. The first-order valence-electron chi connectivity index (χ1n) is 4.86. The van der Waals surface area contributed by atoms with Crippen molar-refractivity contribution in [1.82, 2.24) is 4.90 Å². The van der Waals surface area contributed by atoms with Crippen LogP contribution >= 0.6 is 11.6 Å². The molecule has 88 valence electrons. The molecular formula is C9H13ClF3NO. The second-order valence-electron chi connectivity index (χ2n) is 3.65. The molecule has 0 atom stereocenters. The quantitative estimate of drug-likeness (QED) is 0.695. The topological polar surface area (TPSA) is 20.3 Å². The molecule has 0 bridgehead atoms. The molecule has 1 aliphatic rings. The summed E-state index contributed by atoms with van der Waals surface area (Å²) in [6.45, 7) is 0.209. The van der Waals surface area contributed by atoms with Crippen LogP contribution in [0.25, 0.3) is 0 Å². The van der Waals surface area contributed by atoms with Crippen LogP contribution in [0.3, 0.4) is 0 Å². The van der Waals surface area contributed by atoms with Crippen LogP contribution in [-0.4, -0.2) is 35.4 Å². The van der Waals surface area contributed by atoms with Crippen LogP contribution in [0.2, 0.25) is 0 Å². The van der Waals surface area contributed by atoms with Gasteiger partial charge < -0.3 is 4.90 Å². The molecule has 1 amide bonds. The third-order valence-corrected chi connectivity index (χ3v) is 2.68. The molecule has 15 heavy (non-hydrogen) atoms. The lowest BCUT2D eigenvalue weighted by Crippen LogP contribution is -2.46. The fourth-order valence-corrected chi connectivity index (χ4v) is 1.76. The van der Waals surface area contributed by atoms with E-state index in [4.69, 9.17) is 11.6 Å². The molecule has 1 saturated carbocycles. The van der Waals surface area contributed by atoms with Gasteiger partial charge in [-0.1, -0.05) is 0 Å². The van der Waals surface area contributed by atoms with Crippen LogP contribution in [0.1, 0.15) is 25.7 Å². The summed E-state index contributed by atoms with van der Waals surface area (Å²) in [7, 11) is 0. The van der Waals surface area contributed by atoms with Crippen molar-refractivity contribution in [2.75, 3.05) is 12.4 Å². The highest BCUT2D eigenvalue weighted by Gasteiger charge is 2.36. The van der Waals surface area contributed by atoms with Gasteiger partial charge >= 0.3 is 6.18 Å². The summed E-state index contributed by atoms with van der Waals surface area (Å²) in [5.74, 6) is -0.673. The van der Waals surface area contributed by atoms with Crippen LogP contribution < -0.4 is 0 Å². The normalized spacial score (nSPS) is 17.3. The van der Waals surface area contributed by atoms with Gasteiger partial charge in [-0.15, -0.1) is 11.6 Å². The Morgan fingerprint density at radius 1 is 1.40 bits per heavy atom. The van der Waals surface area contributed by atoms with Crippen molar-refractivity contribution in [3.05, 3.63) is 0 Å². The Hall–Kier alpha value is -0.450. The van der Waals surface area contributed by atoms with E-state index in [2.05, 4.69) is 0 Å². The van der Waals surface area contributed by atoms with Gasteiger partial charge in [0.25, 0.3) is 0 Å². The minimum atomic E-state index is -4.43. The minimum absolute atomic E-state index is 0.0291. The highest BCUT2D eigenvalue weighted by Crippen LogP contribution is 2.28. The molecular weight excluding hydrogens is 231 g/mol. The molecule has 0 radical (unpaired) electrons. The number of nitrogens with zero attached hydrogens (tertiary/aromatic N) is 1. The van der Waals surface area contributed by atoms with Crippen molar-refractivity contribution in [2.45, 2.75) is 37.9 Å². The monoisotopic (exact) mass is 243 g/mol. The standard InChI is InChI=1S/C9H13ClF3NO/c10-4-5-14(7-2-1-3-7)8(15)6-9(11,12)13/h7H,1-6H2. The van der Waals surface area contributed by atoms with Crippen molar-refractivity contribution in [3.63, 3.8) is 0 Å². The van der Waals surface area contributed by atoms with Crippen molar-refractivity contribution in [2.24, 2.45) is 0 Å². The lowest BCUT2D eigenvalue weighted by atomic mass is 9.91. The van der Waals surface area contributed by atoms with Gasteiger partial charge in [-0.25, -0.2) is 0 Å². The maximum Gasteiger partial charge on any atom is 0.397 e. The summed E-state index contributed by atoms with van der Waals surface area (Å²) >= 11 is 5.46. The Kier molecular flexibility index (Phi) is 4.25. The van der Waals surface area contributed by atoms with Gasteiger partial charge in [0.05, 0.1) is 0 Å². The van der Waals surface area contributed by atoms with Crippen molar-refractivity contribution in [3.8, 4) is 0 Å². The summed E-state index contributed by atoms with van der Waals surface area (Å²) in [6.07, 6.45) is -3.24. The summed E-state index contributed by atoms with van der Waals surface area (Å²) in [5, 5.41) is 0. The van der Waals surface area contributed by atoms with Crippen molar-refractivity contribution < 1.29 is 18.0 Å². The van der Waals surface area contributed by atoms with E-state index in [-0.39, 0.29) is 18.5 Å². The number of hydrogen-bond donors (Lipinski definition) is 0. The Morgan fingerprint density at radius 2 is 2.00 bits per heavy atom. The molecule has 1 aliphatic carbocycles. The number of halogens is 4. The molecule has 2 nitrogen and oxygen atoms in total. The fraction of sp³-hybridized carbons (Fsp3) is 0.889. The number of hydrogen-bond acceptors (Lipinski definition) is 1. The molecule has 0 unspecified atom stereocenters. The van der Waals surface area contributed by atoms with Gasteiger partial charge in [-0.05, 0) is 19.3 Å². The molecule has 0 aromatic carbocycles. The molecule has 0 heterocycles. The maximum absolute atomic E-state index is 12.0. The van der Waals surface area contributed by atoms with E-state index < -0.39 is 18.5 Å².